The molecular weight excluding hydrogens is 390 g/mol. The lowest BCUT2D eigenvalue weighted by molar-refractivity contribution is -0.121. The summed E-state index contributed by atoms with van der Waals surface area (Å²) in [6.07, 6.45) is 3.13. The SMILES string of the molecule is CN(C)c1ccc(Cn2nccc2NC(=O)CCC2Cc3ccccc3NC2=O)cc1. The van der Waals surface area contributed by atoms with Crippen molar-refractivity contribution in [2.24, 2.45) is 5.92 Å². The lowest BCUT2D eigenvalue weighted by atomic mass is 9.89. The number of fused-ring (bicyclic) bond motifs is 1. The van der Waals surface area contributed by atoms with Gasteiger partial charge in [-0.25, -0.2) is 4.68 Å². The van der Waals surface area contributed by atoms with Crippen LogP contribution in [0.3, 0.4) is 0 Å². The average Bonchev–Trinajstić information content (AvgIpc) is 3.19. The predicted molar refractivity (Wildman–Crippen MR) is 122 cm³/mol. The van der Waals surface area contributed by atoms with Crippen LogP contribution in [0.1, 0.15) is 24.0 Å². The zero-order valence-corrected chi connectivity index (χ0v) is 17.8. The first-order valence-electron chi connectivity index (χ1n) is 10.5. The second-order valence-electron chi connectivity index (χ2n) is 8.07. The summed E-state index contributed by atoms with van der Waals surface area (Å²) in [6, 6.07) is 17.8. The van der Waals surface area contributed by atoms with Gasteiger partial charge in [0.05, 0.1) is 12.7 Å². The van der Waals surface area contributed by atoms with Gasteiger partial charge in [0.15, 0.2) is 0 Å². The van der Waals surface area contributed by atoms with Crippen LogP contribution >= 0.6 is 0 Å². The number of carbonyl (C=O) groups is 2. The smallest absolute Gasteiger partial charge is 0.227 e. The van der Waals surface area contributed by atoms with Gasteiger partial charge < -0.3 is 15.5 Å². The molecule has 3 aromatic rings. The van der Waals surface area contributed by atoms with Gasteiger partial charge in [0, 0.05) is 43.9 Å². The molecule has 0 spiro atoms. The van der Waals surface area contributed by atoms with Crippen molar-refractivity contribution in [3.63, 3.8) is 0 Å². The van der Waals surface area contributed by atoms with Gasteiger partial charge in [-0.1, -0.05) is 30.3 Å². The van der Waals surface area contributed by atoms with Crippen LogP contribution in [0, 0.1) is 5.92 Å². The third-order valence-electron chi connectivity index (χ3n) is 5.60. The predicted octanol–water partition coefficient (Wildman–Crippen LogP) is 3.53. The first-order chi connectivity index (χ1) is 15.0. The minimum absolute atomic E-state index is 0.0160. The van der Waals surface area contributed by atoms with Crippen LogP contribution in [0.15, 0.2) is 60.8 Å². The first-order valence-corrected chi connectivity index (χ1v) is 10.5. The van der Waals surface area contributed by atoms with E-state index >= 15 is 0 Å². The van der Waals surface area contributed by atoms with E-state index < -0.39 is 0 Å². The van der Waals surface area contributed by atoms with Crippen LogP contribution < -0.4 is 15.5 Å². The molecule has 1 atom stereocenters. The molecule has 1 aliphatic heterocycles. The Hall–Kier alpha value is -3.61. The third kappa shape index (κ3) is 4.94. The summed E-state index contributed by atoms with van der Waals surface area (Å²) in [5.41, 5.74) is 4.22. The number of para-hydroxylation sites is 1. The van der Waals surface area contributed by atoms with E-state index in [0.717, 1.165) is 22.5 Å². The number of rotatable bonds is 7. The van der Waals surface area contributed by atoms with Crippen molar-refractivity contribution < 1.29 is 9.59 Å². The monoisotopic (exact) mass is 417 g/mol. The summed E-state index contributed by atoms with van der Waals surface area (Å²) in [5.74, 6) is 0.329. The van der Waals surface area contributed by atoms with E-state index in [1.165, 1.54) is 0 Å². The van der Waals surface area contributed by atoms with Gasteiger partial charge in [0.2, 0.25) is 11.8 Å². The molecule has 2 amide bonds. The number of nitrogens with one attached hydrogen (secondary N) is 2. The Morgan fingerprint density at radius 3 is 2.71 bits per heavy atom. The van der Waals surface area contributed by atoms with E-state index in [2.05, 4.69) is 44.9 Å². The largest absolute Gasteiger partial charge is 0.378 e. The maximum Gasteiger partial charge on any atom is 0.227 e. The molecule has 0 bridgehead atoms. The van der Waals surface area contributed by atoms with Gasteiger partial charge in [0.25, 0.3) is 0 Å². The number of hydrogen-bond acceptors (Lipinski definition) is 4. The fourth-order valence-electron chi connectivity index (χ4n) is 3.79. The number of anilines is 3. The highest BCUT2D eigenvalue weighted by Crippen LogP contribution is 2.27. The van der Waals surface area contributed by atoms with E-state index in [1.54, 1.807) is 16.9 Å². The molecule has 2 N–H and O–H groups in total. The standard InChI is InChI=1S/C24H27N5O2/c1-28(2)20-10-7-17(8-11-20)16-29-22(13-14-25-29)27-23(30)12-9-19-15-18-5-3-4-6-21(18)26-24(19)31/h3-8,10-11,13-14,19H,9,12,15-16H2,1-2H3,(H,26,31)(H,27,30). The van der Waals surface area contributed by atoms with Crippen molar-refractivity contribution in [3.8, 4) is 0 Å². The molecule has 0 fully saturated rings. The van der Waals surface area contributed by atoms with E-state index in [9.17, 15) is 9.59 Å². The molecule has 0 radical (unpaired) electrons. The summed E-state index contributed by atoms with van der Waals surface area (Å²) >= 11 is 0. The molecule has 1 aliphatic rings. The van der Waals surface area contributed by atoms with Gasteiger partial charge in [0.1, 0.15) is 5.82 Å². The molecule has 7 heteroatoms. The lowest BCUT2D eigenvalue weighted by Crippen LogP contribution is -2.30. The maximum atomic E-state index is 12.5. The fourth-order valence-corrected chi connectivity index (χ4v) is 3.79. The lowest BCUT2D eigenvalue weighted by Gasteiger charge is -2.24. The molecule has 0 aliphatic carbocycles. The van der Waals surface area contributed by atoms with Crippen molar-refractivity contribution in [1.29, 1.82) is 0 Å². The van der Waals surface area contributed by atoms with Crippen molar-refractivity contribution in [1.82, 2.24) is 9.78 Å². The van der Waals surface area contributed by atoms with E-state index in [0.29, 0.717) is 25.2 Å². The Kier molecular flexibility index (Phi) is 6.02. The molecule has 31 heavy (non-hydrogen) atoms. The van der Waals surface area contributed by atoms with Crippen LogP contribution in [0.5, 0.6) is 0 Å². The normalized spacial score (nSPS) is 15.2. The highest BCUT2D eigenvalue weighted by atomic mass is 16.2. The van der Waals surface area contributed by atoms with Gasteiger partial charge in [-0.05, 0) is 42.2 Å². The number of benzene rings is 2. The Morgan fingerprint density at radius 1 is 1.16 bits per heavy atom. The third-order valence-corrected chi connectivity index (χ3v) is 5.60. The summed E-state index contributed by atoms with van der Waals surface area (Å²) < 4.78 is 1.77. The summed E-state index contributed by atoms with van der Waals surface area (Å²) in [7, 11) is 4.01. The number of carbonyl (C=O) groups excluding carboxylic acids is 2. The quantitative estimate of drug-likeness (QED) is 0.616. The van der Waals surface area contributed by atoms with Crippen LogP contribution in [0.4, 0.5) is 17.2 Å². The Balaban J connectivity index is 1.33. The van der Waals surface area contributed by atoms with Gasteiger partial charge in [-0.15, -0.1) is 0 Å². The number of hydrogen-bond donors (Lipinski definition) is 2. The van der Waals surface area contributed by atoms with Gasteiger partial charge in [-0.3, -0.25) is 9.59 Å². The number of nitrogens with zero attached hydrogens (tertiary/aromatic N) is 3. The second-order valence-corrected chi connectivity index (χ2v) is 8.07. The molecule has 160 valence electrons. The van der Waals surface area contributed by atoms with Crippen molar-refractivity contribution in [2.75, 3.05) is 29.6 Å². The van der Waals surface area contributed by atoms with Crippen LogP contribution in [-0.4, -0.2) is 35.7 Å². The molecular formula is C24H27N5O2. The van der Waals surface area contributed by atoms with Crippen LogP contribution in [0.25, 0.3) is 0 Å². The minimum Gasteiger partial charge on any atom is -0.378 e. The number of aromatic nitrogens is 2. The summed E-state index contributed by atoms with van der Waals surface area (Å²) in [6.45, 7) is 0.568. The van der Waals surface area contributed by atoms with Crippen LogP contribution in [-0.2, 0) is 22.6 Å². The molecule has 7 nitrogen and oxygen atoms in total. The molecule has 2 heterocycles. The highest BCUT2D eigenvalue weighted by Gasteiger charge is 2.26. The number of amides is 2. The first kappa shape index (κ1) is 20.7. The summed E-state index contributed by atoms with van der Waals surface area (Å²) in [4.78, 5) is 26.9. The maximum absolute atomic E-state index is 12.5. The summed E-state index contributed by atoms with van der Waals surface area (Å²) in [5, 5.41) is 10.2. The van der Waals surface area contributed by atoms with Crippen molar-refractivity contribution >= 4 is 29.0 Å². The fraction of sp³-hybridized carbons (Fsp3) is 0.292. The molecule has 0 saturated heterocycles. The molecule has 1 aromatic heterocycles. The Labute approximate surface area is 182 Å². The zero-order valence-electron chi connectivity index (χ0n) is 17.8. The molecule has 0 saturated carbocycles. The van der Waals surface area contributed by atoms with E-state index in [4.69, 9.17) is 0 Å². The average molecular weight is 418 g/mol. The molecule has 2 aromatic carbocycles. The van der Waals surface area contributed by atoms with Crippen molar-refractivity contribution in [2.45, 2.75) is 25.8 Å². The molecule has 1 unspecified atom stereocenters. The van der Waals surface area contributed by atoms with E-state index in [1.807, 2.05) is 38.4 Å². The minimum atomic E-state index is -0.194. The van der Waals surface area contributed by atoms with Gasteiger partial charge >= 0.3 is 0 Å². The van der Waals surface area contributed by atoms with E-state index in [-0.39, 0.29) is 24.2 Å². The van der Waals surface area contributed by atoms with Gasteiger partial charge in [-0.2, -0.15) is 5.10 Å². The second kappa shape index (κ2) is 9.04. The van der Waals surface area contributed by atoms with Crippen molar-refractivity contribution in [3.05, 3.63) is 71.9 Å². The Morgan fingerprint density at radius 2 is 1.94 bits per heavy atom. The van der Waals surface area contributed by atoms with Crippen LogP contribution in [0.2, 0.25) is 0 Å². The molecule has 4 rings (SSSR count). The topological polar surface area (TPSA) is 79.3 Å². The Bertz CT molecular complexity index is 1070. The highest BCUT2D eigenvalue weighted by molar-refractivity contribution is 5.96. The zero-order chi connectivity index (χ0) is 21.8.